The van der Waals surface area contributed by atoms with Crippen LogP contribution >= 0.6 is 11.6 Å². The SMILES string of the molecule is COc1ccc(Cl)c(C(N)CC(=O)O)c1OCC1CC1. The number of hydrogen-bond acceptors (Lipinski definition) is 4. The van der Waals surface area contributed by atoms with E-state index in [9.17, 15) is 4.79 Å². The number of ether oxygens (including phenoxy) is 2. The monoisotopic (exact) mass is 299 g/mol. The summed E-state index contributed by atoms with van der Waals surface area (Å²) in [4.78, 5) is 10.8. The van der Waals surface area contributed by atoms with Gasteiger partial charge in [-0.3, -0.25) is 4.79 Å². The Morgan fingerprint density at radius 2 is 2.25 bits per heavy atom. The van der Waals surface area contributed by atoms with Crippen LogP contribution in [0, 0.1) is 5.92 Å². The zero-order valence-electron chi connectivity index (χ0n) is 11.3. The molecule has 0 bridgehead atoms. The Hall–Kier alpha value is -1.46. The second-order valence-electron chi connectivity index (χ2n) is 4.95. The minimum atomic E-state index is -0.982. The van der Waals surface area contributed by atoms with Gasteiger partial charge in [0.05, 0.1) is 20.1 Å². The van der Waals surface area contributed by atoms with E-state index in [0.29, 0.717) is 34.6 Å². The highest BCUT2D eigenvalue weighted by Crippen LogP contribution is 2.41. The number of rotatable bonds is 7. The minimum Gasteiger partial charge on any atom is -0.493 e. The van der Waals surface area contributed by atoms with Crippen LogP contribution in [-0.2, 0) is 4.79 Å². The molecule has 0 radical (unpaired) electrons. The van der Waals surface area contributed by atoms with E-state index in [2.05, 4.69) is 0 Å². The van der Waals surface area contributed by atoms with Crippen molar-refractivity contribution < 1.29 is 19.4 Å². The Labute approximate surface area is 122 Å². The van der Waals surface area contributed by atoms with Gasteiger partial charge in [-0.2, -0.15) is 0 Å². The molecule has 3 N–H and O–H groups in total. The maximum absolute atomic E-state index is 10.8. The third-order valence-electron chi connectivity index (χ3n) is 3.25. The fraction of sp³-hybridized carbons (Fsp3) is 0.500. The highest BCUT2D eigenvalue weighted by atomic mass is 35.5. The van der Waals surface area contributed by atoms with Gasteiger partial charge in [-0.1, -0.05) is 11.6 Å². The molecule has 0 spiro atoms. The number of halogens is 1. The molecule has 0 saturated heterocycles. The molecule has 6 heteroatoms. The predicted octanol–water partition coefficient (Wildman–Crippen LogP) is 2.61. The Kier molecular flexibility index (Phi) is 4.73. The fourth-order valence-electron chi connectivity index (χ4n) is 1.99. The first-order valence-corrected chi connectivity index (χ1v) is 6.87. The quantitative estimate of drug-likeness (QED) is 0.809. The Morgan fingerprint density at radius 3 is 2.80 bits per heavy atom. The number of carbonyl (C=O) groups is 1. The first kappa shape index (κ1) is 14.9. The topological polar surface area (TPSA) is 81.8 Å². The largest absolute Gasteiger partial charge is 0.493 e. The molecule has 1 aromatic carbocycles. The van der Waals surface area contributed by atoms with Crippen molar-refractivity contribution in [1.29, 1.82) is 0 Å². The van der Waals surface area contributed by atoms with Crippen molar-refractivity contribution >= 4 is 17.6 Å². The molecular weight excluding hydrogens is 282 g/mol. The number of benzene rings is 1. The number of hydrogen-bond donors (Lipinski definition) is 2. The molecule has 1 unspecified atom stereocenters. The zero-order chi connectivity index (χ0) is 14.7. The van der Waals surface area contributed by atoms with Gasteiger partial charge in [-0.25, -0.2) is 0 Å². The summed E-state index contributed by atoms with van der Waals surface area (Å²) < 4.78 is 11.0. The first-order chi connectivity index (χ1) is 9.52. The van der Waals surface area contributed by atoms with Gasteiger partial charge in [0.1, 0.15) is 0 Å². The smallest absolute Gasteiger partial charge is 0.305 e. The van der Waals surface area contributed by atoms with Crippen molar-refractivity contribution in [1.82, 2.24) is 0 Å². The second kappa shape index (κ2) is 6.33. The summed E-state index contributed by atoms with van der Waals surface area (Å²) in [6.45, 7) is 0.573. The average Bonchev–Trinajstić information content (AvgIpc) is 3.19. The summed E-state index contributed by atoms with van der Waals surface area (Å²) >= 11 is 6.16. The van der Waals surface area contributed by atoms with Crippen LogP contribution < -0.4 is 15.2 Å². The summed E-state index contributed by atoms with van der Waals surface area (Å²) in [7, 11) is 1.53. The highest BCUT2D eigenvalue weighted by molar-refractivity contribution is 6.31. The van der Waals surface area contributed by atoms with Gasteiger partial charge in [0, 0.05) is 16.6 Å². The molecule has 1 atom stereocenters. The molecule has 1 aromatic rings. The molecular formula is C14H18ClNO4. The third-order valence-corrected chi connectivity index (χ3v) is 3.58. The van der Waals surface area contributed by atoms with E-state index in [1.165, 1.54) is 7.11 Å². The Balaban J connectivity index is 2.31. The number of nitrogens with two attached hydrogens (primary N) is 1. The summed E-state index contributed by atoms with van der Waals surface area (Å²) in [5.41, 5.74) is 6.44. The molecule has 20 heavy (non-hydrogen) atoms. The fourth-order valence-corrected chi connectivity index (χ4v) is 2.28. The van der Waals surface area contributed by atoms with Crippen molar-refractivity contribution in [2.45, 2.75) is 25.3 Å². The molecule has 1 aliphatic rings. The summed E-state index contributed by atoms with van der Waals surface area (Å²) in [5, 5.41) is 9.28. The Morgan fingerprint density at radius 1 is 1.55 bits per heavy atom. The van der Waals surface area contributed by atoms with Crippen LogP contribution in [0.2, 0.25) is 5.02 Å². The summed E-state index contributed by atoms with van der Waals surface area (Å²) in [6, 6.07) is 2.60. The van der Waals surface area contributed by atoms with Gasteiger partial charge in [0.15, 0.2) is 11.5 Å². The molecule has 0 heterocycles. The van der Waals surface area contributed by atoms with Crippen molar-refractivity contribution in [3.05, 3.63) is 22.7 Å². The predicted molar refractivity (Wildman–Crippen MR) is 75.4 cm³/mol. The van der Waals surface area contributed by atoms with Crippen LogP contribution in [0.1, 0.15) is 30.9 Å². The number of carboxylic acids is 1. The lowest BCUT2D eigenvalue weighted by Gasteiger charge is -2.19. The molecule has 0 amide bonds. The van der Waals surface area contributed by atoms with E-state index in [-0.39, 0.29) is 6.42 Å². The van der Waals surface area contributed by atoms with Crippen molar-refractivity contribution in [3.8, 4) is 11.5 Å². The van der Waals surface area contributed by atoms with E-state index >= 15 is 0 Å². The second-order valence-corrected chi connectivity index (χ2v) is 5.36. The van der Waals surface area contributed by atoms with E-state index in [1.54, 1.807) is 12.1 Å². The van der Waals surface area contributed by atoms with Crippen LogP contribution in [0.15, 0.2) is 12.1 Å². The van der Waals surface area contributed by atoms with Gasteiger partial charge < -0.3 is 20.3 Å². The van der Waals surface area contributed by atoms with Crippen molar-refractivity contribution in [2.75, 3.05) is 13.7 Å². The van der Waals surface area contributed by atoms with Crippen LogP contribution in [0.3, 0.4) is 0 Å². The molecule has 2 rings (SSSR count). The van der Waals surface area contributed by atoms with Gasteiger partial charge in [-0.05, 0) is 30.9 Å². The van der Waals surface area contributed by atoms with E-state index in [0.717, 1.165) is 12.8 Å². The third kappa shape index (κ3) is 3.55. The maximum Gasteiger partial charge on any atom is 0.305 e. The molecule has 0 aliphatic heterocycles. The molecule has 0 aromatic heterocycles. The normalized spacial score (nSPS) is 15.8. The number of carboxylic acid groups (broad SMARTS) is 1. The van der Waals surface area contributed by atoms with Gasteiger partial charge in [0.25, 0.3) is 0 Å². The highest BCUT2D eigenvalue weighted by Gasteiger charge is 2.26. The lowest BCUT2D eigenvalue weighted by molar-refractivity contribution is -0.137. The lowest BCUT2D eigenvalue weighted by atomic mass is 10.0. The van der Waals surface area contributed by atoms with Gasteiger partial charge >= 0.3 is 5.97 Å². The average molecular weight is 300 g/mol. The van der Waals surface area contributed by atoms with Gasteiger partial charge in [-0.15, -0.1) is 0 Å². The zero-order valence-corrected chi connectivity index (χ0v) is 12.0. The molecule has 1 fully saturated rings. The van der Waals surface area contributed by atoms with E-state index in [4.69, 9.17) is 31.9 Å². The minimum absolute atomic E-state index is 0.216. The van der Waals surface area contributed by atoms with E-state index < -0.39 is 12.0 Å². The molecule has 5 nitrogen and oxygen atoms in total. The van der Waals surface area contributed by atoms with E-state index in [1.807, 2.05) is 0 Å². The molecule has 110 valence electrons. The number of aliphatic carboxylic acids is 1. The van der Waals surface area contributed by atoms with Crippen molar-refractivity contribution in [3.63, 3.8) is 0 Å². The van der Waals surface area contributed by atoms with Gasteiger partial charge in [0.2, 0.25) is 0 Å². The lowest BCUT2D eigenvalue weighted by Crippen LogP contribution is -2.17. The van der Waals surface area contributed by atoms with Crippen LogP contribution in [0.25, 0.3) is 0 Å². The maximum atomic E-state index is 10.8. The Bertz CT molecular complexity index is 502. The van der Waals surface area contributed by atoms with Crippen LogP contribution in [-0.4, -0.2) is 24.8 Å². The summed E-state index contributed by atoms with van der Waals surface area (Å²) in [5.74, 6) is 0.554. The first-order valence-electron chi connectivity index (χ1n) is 6.49. The van der Waals surface area contributed by atoms with Crippen LogP contribution in [0.4, 0.5) is 0 Å². The summed E-state index contributed by atoms with van der Waals surface area (Å²) in [6.07, 6.45) is 2.09. The van der Waals surface area contributed by atoms with Crippen LogP contribution in [0.5, 0.6) is 11.5 Å². The molecule has 1 aliphatic carbocycles. The van der Waals surface area contributed by atoms with Crippen molar-refractivity contribution in [2.24, 2.45) is 11.7 Å². The standard InChI is InChI=1S/C14H18ClNO4/c1-19-11-5-4-9(15)13(10(16)6-12(17)18)14(11)20-7-8-2-3-8/h4-5,8,10H,2-3,6-7,16H2,1H3,(H,17,18). The molecule has 1 saturated carbocycles. The number of methoxy groups -OCH3 is 1.